The van der Waals surface area contributed by atoms with Gasteiger partial charge in [-0.05, 0) is 37.7 Å². The zero-order valence-corrected chi connectivity index (χ0v) is 16.4. The summed E-state index contributed by atoms with van der Waals surface area (Å²) in [6.45, 7) is 0. The Hall–Kier alpha value is -2.87. The van der Waals surface area contributed by atoms with Crippen LogP contribution in [-0.2, 0) is 0 Å². The van der Waals surface area contributed by atoms with Crippen molar-refractivity contribution in [3.05, 3.63) is 65.5 Å². The van der Waals surface area contributed by atoms with Crippen LogP contribution in [0.3, 0.4) is 0 Å². The van der Waals surface area contributed by atoms with E-state index in [0.29, 0.717) is 18.0 Å². The fraction of sp³-hybridized carbons (Fsp3) is 0.300. The van der Waals surface area contributed by atoms with E-state index in [0.717, 1.165) is 35.7 Å². The maximum Gasteiger partial charge on any atom is 0.255 e. The highest BCUT2D eigenvalue weighted by Gasteiger charge is 2.25. The number of hydrogen-bond donors (Lipinski definition) is 2. The van der Waals surface area contributed by atoms with Gasteiger partial charge in [0.1, 0.15) is 5.82 Å². The van der Waals surface area contributed by atoms with Crippen molar-refractivity contribution in [3.8, 4) is 5.69 Å². The van der Waals surface area contributed by atoms with Gasteiger partial charge in [-0.2, -0.15) is 0 Å². The van der Waals surface area contributed by atoms with E-state index in [2.05, 4.69) is 25.6 Å². The molecule has 0 saturated heterocycles. The van der Waals surface area contributed by atoms with E-state index in [-0.39, 0.29) is 5.56 Å². The Morgan fingerprint density at radius 3 is 2.61 bits per heavy atom. The second kappa shape index (κ2) is 8.43. The van der Waals surface area contributed by atoms with Crippen molar-refractivity contribution >= 4 is 23.5 Å². The summed E-state index contributed by atoms with van der Waals surface area (Å²) in [6.07, 6.45) is 12.2. The van der Waals surface area contributed by atoms with Crippen molar-refractivity contribution in [3.63, 3.8) is 0 Å². The largest absolute Gasteiger partial charge is 0.367 e. The minimum absolute atomic E-state index is 0.0581. The van der Waals surface area contributed by atoms with E-state index in [4.69, 9.17) is 0 Å². The average Bonchev–Trinajstić information content (AvgIpc) is 3.16. The maximum atomic E-state index is 12.0. The second-order valence-corrected chi connectivity index (χ2v) is 7.63. The second-order valence-electron chi connectivity index (χ2n) is 6.75. The van der Waals surface area contributed by atoms with Gasteiger partial charge in [0.25, 0.3) is 5.56 Å². The van der Waals surface area contributed by atoms with Gasteiger partial charge in [-0.3, -0.25) is 9.36 Å². The van der Waals surface area contributed by atoms with E-state index in [1.165, 1.54) is 0 Å². The molecule has 7 nitrogen and oxygen atoms in total. The molecule has 0 spiro atoms. The van der Waals surface area contributed by atoms with Crippen LogP contribution in [0.4, 0.5) is 11.8 Å². The molecule has 28 heavy (non-hydrogen) atoms. The highest BCUT2D eigenvalue weighted by molar-refractivity contribution is 7.98. The van der Waals surface area contributed by atoms with Gasteiger partial charge in [0, 0.05) is 53.9 Å². The molecule has 1 fully saturated rings. The SMILES string of the molecule is CSc1cnc(N[C@H]2CC[C@@H](Nc3cc(-n4ccccc4=O)ccn3)C2)nc1. The van der Waals surface area contributed by atoms with Crippen molar-refractivity contribution in [1.29, 1.82) is 0 Å². The number of aromatic nitrogens is 4. The highest BCUT2D eigenvalue weighted by Crippen LogP contribution is 2.25. The maximum absolute atomic E-state index is 12.0. The molecule has 0 amide bonds. The summed E-state index contributed by atoms with van der Waals surface area (Å²) in [7, 11) is 0. The van der Waals surface area contributed by atoms with E-state index < -0.39 is 0 Å². The quantitative estimate of drug-likeness (QED) is 0.621. The van der Waals surface area contributed by atoms with Crippen molar-refractivity contribution in [1.82, 2.24) is 19.5 Å². The molecule has 2 atom stereocenters. The van der Waals surface area contributed by atoms with Gasteiger partial charge in [0.15, 0.2) is 0 Å². The summed E-state index contributed by atoms with van der Waals surface area (Å²) < 4.78 is 1.61. The standard InChI is InChI=1S/C20H22N6OS/c1-28-17-12-22-20(23-13-17)25-15-6-5-14(10-15)24-18-11-16(7-8-21-18)26-9-3-2-4-19(26)27/h2-4,7-9,11-15H,5-6,10H2,1H3,(H,21,24)(H,22,23,25)/t14-,15+/m1/s1. The molecule has 4 rings (SSSR count). The van der Waals surface area contributed by atoms with Gasteiger partial charge in [-0.1, -0.05) is 6.07 Å². The Labute approximate surface area is 167 Å². The van der Waals surface area contributed by atoms with Crippen LogP contribution in [0.5, 0.6) is 0 Å². The number of pyridine rings is 2. The summed E-state index contributed by atoms with van der Waals surface area (Å²) in [5.74, 6) is 1.45. The summed E-state index contributed by atoms with van der Waals surface area (Å²) in [5.41, 5.74) is 0.746. The Morgan fingerprint density at radius 2 is 1.86 bits per heavy atom. The van der Waals surface area contributed by atoms with Crippen molar-refractivity contribution in [2.45, 2.75) is 36.2 Å². The predicted molar refractivity (Wildman–Crippen MR) is 112 cm³/mol. The molecule has 0 aliphatic heterocycles. The normalized spacial score (nSPS) is 18.8. The topological polar surface area (TPSA) is 84.7 Å². The molecule has 1 aliphatic rings. The number of nitrogens with zero attached hydrogens (tertiary/aromatic N) is 4. The van der Waals surface area contributed by atoms with Gasteiger partial charge >= 0.3 is 0 Å². The van der Waals surface area contributed by atoms with Crippen LogP contribution in [0.1, 0.15) is 19.3 Å². The molecule has 0 unspecified atom stereocenters. The van der Waals surface area contributed by atoms with Crippen LogP contribution in [-0.4, -0.2) is 37.9 Å². The number of thioether (sulfide) groups is 1. The first kappa shape index (κ1) is 18.5. The number of nitrogens with one attached hydrogen (secondary N) is 2. The third-order valence-electron chi connectivity index (χ3n) is 4.83. The summed E-state index contributed by atoms with van der Waals surface area (Å²) in [5, 5.41) is 6.91. The Bertz CT molecular complexity index is 990. The molecular formula is C20H22N6OS. The summed E-state index contributed by atoms with van der Waals surface area (Å²) in [4.78, 5) is 26.2. The zero-order chi connectivity index (χ0) is 19.3. The van der Waals surface area contributed by atoms with E-state index >= 15 is 0 Å². The fourth-order valence-corrected chi connectivity index (χ4v) is 3.74. The Morgan fingerprint density at radius 1 is 1.07 bits per heavy atom. The zero-order valence-electron chi connectivity index (χ0n) is 15.6. The molecule has 144 valence electrons. The number of rotatable bonds is 6. The molecule has 0 radical (unpaired) electrons. The van der Waals surface area contributed by atoms with Gasteiger partial charge < -0.3 is 10.6 Å². The van der Waals surface area contributed by atoms with E-state index in [1.54, 1.807) is 40.9 Å². The lowest BCUT2D eigenvalue weighted by Crippen LogP contribution is -2.22. The third kappa shape index (κ3) is 4.33. The van der Waals surface area contributed by atoms with Gasteiger partial charge in [-0.25, -0.2) is 15.0 Å². The first-order valence-electron chi connectivity index (χ1n) is 9.24. The first-order valence-corrected chi connectivity index (χ1v) is 10.5. The molecule has 1 aliphatic carbocycles. The molecular weight excluding hydrogens is 372 g/mol. The van der Waals surface area contributed by atoms with Crippen LogP contribution < -0.4 is 16.2 Å². The van der Waals surface area contributed by atoms with Crippen LogP contribution >= 0.6 is 11.8 Å². The minimum atomic E-state index is -0.0581. The number of anilines is 2. The van der Waals surface area contributed by atoms with Crippen LogP contribution in [0.2, 0.25) is 0 Å². The fourth-order valence-electron chi connectivity index (χ4n) is 3.42. The van der Waals surface area contributed by atoms with Gasteiger partial charge in [0.2, 0.25) is 5.95 Å². The van der Waals surface area contributed by atoms with Gasteiger partial charge in [0.05, 0.1) is 5.69 Å². The molecule has 0 aromatic carbocycles. The van der Waals surface area contributed by atoms with E-state index in [1.807, 2.05) is 36.8 Å². The monoisotopic (exact) mass is 394 g/mol. The lowest BCUT2D eigenvalue weighted by Gasteiger charge is -2.16. The average molecular weight is 395 g/mol. The third-order valence-corrected chi connectivity index (χ3v) is 5.51. The van der Waals surface area contributed by atoms with Crippen molar-refractivity contribution in [2.24, 2.45) is 0 Å². The molecule has 8 heteroatoms. The van der Waals surface area contributed by atoms with Crippen molar-refractivity contribution in [2.75, 3.05) is 16.9 Å². The molecule has 3 heterocycles. The molecule has 3 aromatic rings. The molecule has 1 saturated carbocycles. The summed E-state index contributed by atoms with van der Waals surface area (Å²) in [6, 6.07) is 9.53. The smallest absolute Gasteiger partial charge is 0.255 e. The minimum Gasteiger partial charge on any atom is -0.367 e. The number of hydrogen-bond acceptors (Lipinski definition) is 7. The van der Waals surface area contributed by atoms with Crippen LogP contribution in [0, 0.1) is 0 Å². The van der Waals surface area contributed by atoms with Crippen LogP contribution in [0.25, 0.3) is 5.69 Å². The van der Waals surface area contributed by atoms with Crippen LogP contribution in [0.15, 0.2) is 64.8 Å². The lowest BCUT2D eigenvalue weighted by molar-refractivity contribution is 0.716. The van der Waals surface area contributed by atoms with E-state index in [9.17, 15) is 4.79 Å². The Balaban J connectivity index is 1.38. The Kier molecular flexibility index (Phi) is 5.57. The first-order chi connectivity index (χ1) is 13.7. The van der Waals surface area contributed by atoms with Crippen molar-refractivity contribution < 1.29 is 0 Å². The molecule has 3 aromatic heterocycles. The lowest BCUT2D eigenvalue weighted by atomic mass is 10.2. The predicted octanol–water partition coefficient (Wildman–Crippen LogP) is 3.19. The molecule has 0 bridgehead atoms. The highest BCUT2D eigenvalue weighted by atomic mass is 32.2. The summed E-state index contributed by atoms with van der Waals surface area (Å²) >= 11 is 1.63. The molecule has 2 N–H and O–H groups in total. The van der Waals surface area contributed by atoms with Gasteiger partial charge in [-0.15, -0.1) is 11.8 Å².